The lowest BCUT2D eigenvalue weighted by Crippen LogP contribution is -2.43. The highest BCUT2D eigenvalue weighted by molar-refractivity contribution is 5.95. The van der Waals surface area contributed by atoms with E-state index in [2.05, 4.69) is 15.5 Å². The lowest BCUT2D eigenvalue weighted by molar-refractivity contribution is -0.141. The van der Waals surface area contributed by atoms with Crippen LogP contribution in [0.25, 0.3) is 0 Å². The van der Waals surface area contributed by atoms with Crippen LogP contribution < -0.4 is 10.9 Å². The molecule has 1 heterocycles. The minimum Gasteiger partial charge on any atom is -0.481 e. The highest BCUT2D eigenvalue weighted by Gasteiger charge is 2.26. The van der Waals surface area contributed by atoms with E-state index in [9.17, 15) is 19.5 Å². The van der Waals surface area contributed by atoms with Gasteiger partial charge in [0.15, 0.2) is 0 Å². The molecule has 8 nitrogen and oxygen atoms in total. The number of carboxylic acids is 1. The number of nitrogens with one attached hydrogen (secondary N) is 2. The Morgan fingerprint density at radius 3 is 2.55 bits per heavy atom. The average molecular weight is 283 g/mol. The SMILES string of the molecule is Cc1n[nH]c(=O)c(C(=O)NCC(C)(O)CC(=O)O)c1C. The number of H-pyrrole nitrogens is 1. The maximum Gasteiger partial charge on any atom is 0.306 e. The van der Waals surface area contributed by atoms with Crippen LogP contribution in [-0.2, 0) is 4.79 Å². The van der Waals surface area contributed by atoms with Gasteiger partial charge in [-0.1, -0.05) is 0 Å². The van der Waals surface area contributed by atoms with Crippen LogP contribution in [0.3, 0.4) is 0 Å². The van der Waals surface area contributed by atoms with E-state index in [1.807, 2.05) is 0 Å². The van der Waals surface area contributed by atoms with Crippen molar-refractivity contribution in [1.29, 1.82) is 0 Å². The topological polar surface area (TPSA) is 132 Å². The fraction of sp³-hybridized carbons (Fsp3) is 0.500. The van der Waals surface area contributed by atoms with Crippen molar-refractivity contribution >= 4 is 11.9 Å². The number of carbonyl (C=O) groups is 2. The van der Waals surface area contributed by atoms with Crippen LogP contribution in [0.5, 0.6) is 0 Å². The zero-order valence-corrected chi connectivity index (χ0v) is 11.5. The molecule has 0 saturated heterocycles. The summed E-state index contributed by atoms with van der Waals surface area (Å²) in [4.78, 5) is 34.1. The van der Waals surface area contributed by atoms with Crippen LogP contribution in [0.1, 0.15) is 35.0 Å². The van der Waals surface area contributed by atoms with Crippen LogP contribution in [-0.4, -0.2) is 44.4 Å². The molecule has 0 spiro atoms. The standard InChI is InChI=1S/C12H17N3O5/c1-6-7(2)14-15-11(19)9(6)10(18)13-5-12(3,20)4-8(16)17/h20H,4-5H2,1-3H3,(H,13,18)(H,15,19)(H,16,17). The minimum atomic E-state index is -1.59. The zero-order valence-electron chi connectivity index (χ0n) is 11.5. The first-order chi connectivity index (χ1) is 9.14. The van der Waals surface area contributed by atoms with E-state index in [-0.39, 0.29) is 12.1 Å². The Morgan fingerprint density at radius 1 is 1.40 bits per heavy atom. The summed E-state index contributed by atoms with van der Waals surface area (Å²) in [6, 6.07) is 0. The maximum atomic E-state index is 12.0. The van der Waals surface area contributed by atoms with Gasteiger partial charge in [0, 0.05) is 6.54 Å². The molecule has 0 saturated carbocycles. The van der Waals surface area contributed by atoms with Crippen LogP contribution in [0, 0.1) is 13.8 Å². The van der Waals surface area contributed by atoms with Crippen LogP contribution >= 0.6 is 0 Å². The van der Waals surface area contributed by atoms with E-state index in [4.69, 9.17) is 5.11 Å². The van der Waals surface area contributed by atoms with E-state index >= 15 is 0 Å². The number of aryl methyl sites for hydroxylation is 1. The maximum absolute atomic E-state index is 12.0. The van der Waals surface area contributed by atoms with Crippen molar-refractivity contribution < 1.29 is 19.8 Å². The van der Waals surface area contributed by atoms with Crippen LogP contribution in [0.4, 0.5) is 0 Å². The molecule has 110 valence electrons. The molecular formula is C12H17N3O5. The second-order valence-electron chi connectivity index (χ2n) is 4.89. The molecule has 0 bridgehead atoms. The van der Waals surface area contributed by atoms with Crippen molar-refractivity contribution in [3.8, 4) is 0 Å². The van der Waals surface area contributed by atoms with E-state index in [0.29, 0.717) is 11.3 Å². The molecule has 1 aromatic heterocycles. The Bertz CT molecular complexity index is 591. The first kappa shape index (κ1) is 15.8. The largest absolute Gasteiger partial charge is 0.481 e. The van der Waals surface area contributed by atoms with Gasteiger partial charge in [0.25, 0.3) is 11.5 Å². The number of aromatic amines is 1. The summed E-state index contributed by atoms with van der Waals surface area (Å²) in [5.74, 6) is -1.86. The molecule has 1 unspecified atom stereocenters. The number of amides is 1. The molecule has 0 aliphatic carbocycles. The quantitative estimate of drug-likeness (QED) is 0.567. The lowest BCUT2D eigenvalue weighted by Gasteiger charge is -2.21. The summed E-state index contributed by atoms with van der Waals surface area (Å²) in [6.45, 7) is 4.24. The molecule has 1 amide bonds. The van der Waals surface area contributed by atoms with Crippen LogP contribution in [0.2, 0.25) is 0 Å². The highest BCUT2D eigenvalue weighted by Crippen LogP contribution is 2.09. The van der Waals surface area contributed by atoms with Gasteiger partial charge in [-0.2, -0.15) is 5.10 Å². The number of rotatable bonds is 5. The molecular weight excluding hydrogens is 266 g/mol. The molecule has 20 heavy (non-hydrogen) atoms. The zero-order chi connectivity index (χ0) is 15.5. The summed E-state index contributed by atoms with van der Waals surface area (Å²) >= 11 is 0. The van der Waals surface area contributed by atoms with Crippen molar-refractivity contribution in [2.24, 2.45) is 0 Å². The van der Waals surface area contributed by atoms with Crippen molar-refractivity contribution in [2.75, 3.05) is 6.54 Å². The second kappa shape index (κ2) is 5.83. The number of aromatic nitrogens is 2. The number of hydrogen-bond acceptors (Lipinski definition) is 5. The number of aliphatic carboxylic acids is 1. The second-order valence-corrected chi connectivity index (χ2v) is 4.89. The first-order valence-electron chi connectivity index (χ1n) is 5.92. The summed E-state index contributed by atoms with van der Waals surface area (Å²) in [7, 11) is 0. The molecule has 0 radical (unpaired) electrons. The smallest absolute Gasteiger partial charge is 0.306 e. The molecule has 1 rings (SSSR count). The van der Waals surface area contributed by atoms with Gasteiger partial charge >= 0.3 is 5.97 Å². The third-order valence-electron chi connectivity index (χ3n) is 2.86. The first-order valence-corrected chi connectivity index (χ1v) is 5.92. The van der Waals surface area contributed by atoms with Crippen molar-refractivity contribution in [3.05, 3.63) is 27.2 Å². The normalized spacial score (nSPS) is 13.6. The number of nitrogens with zero attached hydrogens (tertiary/aromatic N) is 1. The molecule has 4 N–H and O–H groups in total. The van der Waals surface area contributed by atoms with Gasteiger partial charge in [0.1, 0.15) is 5.56 Å². The fourth-order valence-electron chi connectivity index (χ4n) is 1.65. The molecule has 0 aliphatic rings. The molecule has 8 heteroatoms. The number of hydrogen-bond donors (Lipinski definition) is 4. The Morgan fingerprint density at radius 2 is 2.00 bits per heavy atom. The lowest BCUT2D eigenvalue weighted by atomic mass is 10.0. The Balaban J connectivity index is 2.86. The van der Waals surface area contributed by atoms with E-state index in [0.717, 1.165) is 0 Å². The summed E-state index contributed by atoms with van der Waals surface area (Å²) in [6.07, 6.45) is -0.516. The Labute approximate surface area is 114 Å². The third kappa shape index (κ3) is 3.89. The fourth-order valence-corrected chi connectivity index (χ4v) is 1.65. The van der Waals surface area contributed by atoms with Gasteiger partial charge in [-0.15, -0.1) is 0 Å². The average Bonchev–Trinajstić information content (AvgIpc) is 2.30. The number of aliphatic hydroxyl groups is 1. The van der Waals surface area contributed by atoms with Gasteiger partial charge in [0.05, 0.1) is 17.7 Å². The predicted octanol–water partition coefficient (Wildman–Crippen LogP) is -0.658. The van der Waals surface area contributed by atoms with Crippen molar-refractivity contribution in [1.82, 2.24) is 15.5 Å². The Hall–Kier alpha value is -2.22. The van der Waals surface area contributed by atoms with E-state index in [1.54, 1.807) is 13.8 Å². The van der Waals surface area contributed by atoms with Gasteiger partial charge in [-0.3, -0.25) is 14.4 Å². The molecule has 1 aromatic rings. The van der Waals surface area contributed by atoms with Gasteiger partial charge in [0.2, 0.25) is 0 Å². The summed E-state index contributed by atoms with van der Waals surface area (Å²) in [5.41, 5.74) is -1.38. The summed E-state index contributed by atoms with van der Waals surface area (Å²) < 4.78 is 0. The summed E-state index contributed by atoms with van der Waals surface area (Å²) in [5, 5.41) is 26.7. The number of carboxylic acid groups (broad SMARTS) is 1. The van der Waals surface area contributed by atoms with Gasteiger partial charge in [-0.05, 0) is 26.3 Å². The highest BCUT2D eigenvalue weighted by atomic mass is 16.4. The van der Waals surface area contributed by atoms with Crippen LogP contribution in [0.15, 0.2) is 4.79 Å². The number of carbonyl (C=O) groups excluding carboxylic acids is 1. The van der Waals surface area contributed by atoms with E-state index < -0.39 is 29.5 Å². The molecule has 1 atom stereocenters. The molecule has 0 fully saturated rings. The third-order valence-corrected chi connectivity index (χ3v) is 2.86. The molecule has 0 aromatic carbocycles. The van der Waals surface area contributed by atoms with Gasteiger partial charge in [-0.25, -0.2) is 5.10 Å². The Kier molecular flexibility index (Phi) is 4.61. The van der Waals surface area contributed by atoms with Gasteiger partial charge < -0.3 is 15.5 Å². The predicted molar refractivity (Wildman–Crippen MR) is 69.5 cm³/mol. The van der Waals surface area contributed by atoms with E-state index in [1.165, 1.54) is 6.92 Å². The molecule has 0 aliphatic heterocycles. The van der Waals surface area contributed by atoms with Crippen molar-refractivity contribution in [2.45, 2.75) is 32.8 Å². The monoisotopic (exact) mass is 283 g/mol. The van der Waals surface area contributed by atoms with Crippen molar-refractivity contribution in [3.63, 3.8) is 0 Å². The minimum absolute atomic E-state index is 0.0939.